The fraction of sp³-hybridized carbons (Fsp3) is 0.500. The largest absolute Gasteiger partial charge is 0.325 e. The Morgan fingerprint density at radius 2 is 1.85 bits per heavy atom. The number of nitro groups is 1. The van der Waals surface area contributed by atoms with E-state index in [4.69, 9.17) is 5.73 Å². The van der Waals surface area contributed by atoms with Gasteiger partial charge in [0.2, 0.25) is 5.91 Å². The first-order valence-corrected chi connectivity index (χ1v) is 6.32. The van der Waals surface area contributed by atoms with Gasteiger partial charge in [0.05, 0.1) is 10.3 Å². The fourth-order valence-corrected chi connectivity index (χ4v) is 1.46. The summed E-state index contributed by atoms with van der Waals surface area (Å²) in [5, 5.41) is 13.6. The number of hydrogen-bond acceptors (Lipinski definition) is 4. The van der Waals surface area contributed by atoms with E-state index >= 15 is 0 Å². The van der Waals surface area contributed by atoms with Crippen LogP contribution in [0, 0.1) is 22.5 Å². The molecule has 6 heteroatoms. The Hall–Kier alpha value is -1.95. The Bertz CT molecular complexity index is 545. The van der Waals surface area contributed by atoms with Crippen molar-refractivity contribution in [2.45, 2.75) is 40.2 Å². The molecular weight excluding hydrogens is 258 g/mol. The molecule has 0 aliphatic carbocycles. The molecule has 110 valence electrons. The van der Waals surface area contributed by atoms with Gasteiger partial charge in [-0.25, -0.2) is 0 Å². The summed E-state index contributed by atoms with van der Waals surface area (Å²) in [5.74, 6) is -0.275. The summed E-state index contributed by atoms with van der Waals surface area (Å²) < 4.78 is 0. The van der Waals surface area contributed by atoms with E-state index in [0.717, 1.165) is 0 Å². The van der Waals surface area contributed by atoms with Crippen LogP contribution in [0.25, 0.3) is 0 Å². The van der Waals surface area contributed by atoms with Crippen molar-refractivity contribution in [2.75, 3.05) is 5.32 Å². The molecule has 0 heterocycles. The lowest BCUT2D eigenvalue weighted by Crippen LogP contribution is -2.53. The molecule has 0 aliphatic heterocycles. The van der Waals surface area contributed by atoms with Crippen LogP contribution in [0.1, 0.15) is 33.3 Å². The van der Waals surface area contributed by atoms with Gasteiger partial charge in [-0.1, -0.05) is 6.07 Å². The molecule has 0 bridgehead atoms. The van der Waals surface area contributed by atoms with Crippen molar-refractivity contribution in [1.29, 1.82) is 0 Å². The number of aryl methyl sites for hydroxylation is 1. The van der Waals surface area contributed by atoms with Gasteiger partial charge in [0.15, 0.2) is 0 Å². The maximum Gasteiger partial charge on any atom is 0.274 e. The highest BCUT2D eigenvalue weighted by Gasteiger charge is 2.40. The second kappa shape index (κ2) is 5.20. The van der Waals surface area contributed by atoms with Gasteiger partial charge in [0.1, 0.15) is 0 Å². The van der Waals surface area contributed by atoms with Crippen molar-refractivity contribution in [2.24, 2.45) is 11.1 Å². The zero-order valence-corrected chi connectivity index (χ0v) is 12.5. The van der Waals surface area contributed by atoms with Crippen molar-refractivity contribution < 1.29 is 9.72 Å². The van der Waals surface area contributed by atoms with E-state index in [1.165, 1.54) is 6.07 Å². The smallest absolute Gasteiger partial charge is 0.274 e. The number of hydrogen-bond donors (Lipinski definition) is 2. The Labute approximate surface area is 118 Å². The molecule has 0 atom stereocenters. The second-order valence-electron chi connectivity index (χ2n) is 6.06. The number of nitrogens with two attached hydrogens (primary N) is 1. The maximum absolute atomic E-state index is 12.3. The molecule has 0 radical (unpaired) electrons. The molecule has 3 N–H and O–H groups in total. The number of carbonyl (C=O) groups excluding carboxylic acids is 1. The Morgan fingerprint density at radius 1 is 1.30 bits per heavy atom. The predicted octanol–water partition coefficient (Wildman–Crippen LogP) is 2.61. The molecule has 1 amide bonds. The van der Waals surface area contributed by atoms with Crippen LogP contribution in [0.2, 0.25) is 0 Å². The average Bonchev–Trinajstić information content (AvgIpc) is 2.29. The predicted molar refractivity (Wildman–Crippen MR) is 78.5 cm³/mol. The van der Waals surface area contributed by atoms with Gasteiger partial charge in [-0.2, -0.15) is 0 Å². The molecule has 1 aromatic carbocycles. The third-order valence-electron chi connectivity index (χ3n) is 3.84. The normalized spacial score (nSPS) is 12.1. The van der Waals surface area contributed by atoms with Gasteiger partial charge in [0, 0.05) is 22.9 Å². The number of nitro benzene ring substituents is 1. The van der Waals surface area contributed by atoms with Crippen LogP contribution in [0.3, 0.4) is 0 Å². The molecule has 0 fully saturated rings. The highest BCUT2D eigenvalue weighted by atomic mass is 16.6. The number of amides is 1. The van der Waals surface area contributed by atoms with E-state index in [-0.39, 0.29) is 11.6 Å². The third kappa shape index (κ3) is 3.14. The van der Waals surface area contributed by atoms with Crippen molar-refractivity contribution >= 4 is 17.3 Å². The molecule has 0 aromatic heterocycles. The summed E-state index contributed by atoms with van der Waals surface area (Å²) in [6.45, 7) is 8.67. The summed E-state index contributed by atoms with van der Waals surface area (Å²) >= 11 is 0. The van der Waals surface area contributed by atoms with E-state index in [1.54, 1.807) is 46.8 Å². The van der Waals surface area contributed by atoms with Gasteiger partial charge in [0.25, 0.3) is 5.69 Å². The van der Waals surface area contributed by atoms with E-state index in [9.17, 15) is 14.9 Å². The van der Waals surface area contributed by atoms with Crippen LogP contribution < -0.4 is 11.1 Å². The summed E-state index contributed by atoms with van der Waals surface area (Å²) in [4.78, 5) is 22.7. The molecule has 0 spiro atoms. The molecule has 1 rings (SSSR count). The minimum Gasteiger partial charge on any atom is -0.325 e. The highest BCUT2D eigenvalue weighted by molar-refractivity contribution is 5.96. The molecule has 20 heavy (non-hydrogen) atoms. The standard InChI is InChI=1S/C14H21N3O3/c1-9-6-7-10(8-11(9)17(19)20)16-12(18)13(2,3)14(4,5)15/h6-8H,15H2,1-5H3,(H,16,18). The highest BCUT2D eigenvalue weighted by Crippen LogP contribution is 2.30. The molecule has 0 saturated carbocycles. The quantitative estimate of drug-likeness (QED) is 0.653. The number of anilines is 1. The van der Waals surface area contributed by atoms with Crippen LogP contribution in [0.15, 0.2) is 18.2 Å². The minimum atomic E-state index is -0.813. The molecular formula is C14H21N3O3. The van der Waals surface area contributed by atoms with Crippen LogP contribution in [-0.4, -0.2) is 16.4 Å². The minimum absolute atomic E-state index is 0.0207. The van der Waals surface area contributed by atoms with Crippen LogP contribution in [0.5, 0.6) is 0 Å². The summed E-state index contributed by atoms with van der Waals surface area (Å²) in [6, 6.07) is 4.60. The number of carbonyl (C=O) groups is 1. The molecule has 6 nitrogen and oxygen atoms in total. The molecule has 0 saturated heterocycles. The Morgan fingerprint density at radius 3 is 2.30 bits per heavy atom. The lowest BCUT2D eigenvalue weighted by Gasteiger charge is -2.36. The Balaban J connectivity index is 3.03. The summed E-state index contributed by atoms with van der Waals surface area (Å²) in [5.41, 5.74) is 5.39. The maximum atomic E-state index is 12.3. The zero-order valence-electron chi connectivity index (χ0n) is 12.5. The van der Waals surface area contributed by atoms with E-state index in [1.807, 2.05) is 0 Å². The number of nitrogens with one attached hydrogen (secondary N) is 1. The van der Waals surface area contributed by atoms with Crippen LogP contribution in [0.4, 0.5) is 11.4 Å². The molecule has 0 unspecified atom stereocenters. The first-order valence-electron chi connectivity index (χ1n) is 6.32. The average molecular weight is 279 g/mol. The zero-order chi connectivity index (χ0) is 15.7. The summed E-state index contributed by atoms with van der Waals surface area (Å²) in [6.07, 6.45) is 0. The molecule has 1 aromatic rings. The van der Waals surface area contributed by atoms with E-state index < -0.39 is 15.9 Å². The van der Waals surface area contributed by atoms with E-state index in [2.05, 4.69) is 5.32 Å². The first kappa shape index (κ1) is 16.1. The van der Waals surface area contributed by atoms with Crippen LogP contribution >= 0.6 is 0 Å². The van der Waals surface area contributed by atoms with Crippen LogP contribution in [-0.2, 0) is 4.79 Å². The van der Waals surface area contributed by atoms with Gasteiger partial charge in [-0.05, 0) is 40.7 Å². The van der Waals surface area contributed by atoms with Gasteiger partial charge in [-0.15, -0.1) is 0 Å². The van der Waals surface area contributed by atoms with Gasteiger partial charge < -0.3 is 11.1 Å². The number of benzene rings is 1. The number of rotatable bonds is 4. The third-order valence-corrected chi connectivity index (χ3v) is 3.84. The Kier molecular flexibility index (Phi) is 4.19. The fourth-order valence-electron chi connectivity index (χ4n) is 1.46. The first-order chi connectivity index (χ1) is 8.96. The molecule has 0 aliphatic rings. The summed E-state index contributed by atoms with van der Waals surface area (Å²) in [7, 11) is 0. The monoisotopic (exact) mass is 279 g/mol. The van der Waals surface area contributed by atoms with Crippen molar-refractivity contribution in [1.82, 2.24) is 0 Å². The van der Waals surface area contributed by atoms with Crippen molar-refractivity contribution in [3.05, 3.63) is 33.9 Å². The van der Waals surface area contributed by atoms with Gasteiger partial charge >= 0.3 is 0 Å². The number of nitrogens with zero attached hydrogens (tertiary/aromatic N) is 1. The lowest BCUT2D eigenvalue weighted by atomic mass is 9.74. The van der Waals surface area contributed by atoms with E-state index in [0.29, 0.717) is 11.3 Å². The SMILES string of the molecule is Cc1ccc(NC(=O)C(C)(C)C(C)(C)N)cc1[N+](=O)[O-]. The topological polar surface area (TPSA) is 98.3 Å². The van der Waals surface area contributed by atoms with Crippen molar-refractivity contribution in [3.8, 4) is 0 Å². The van der Waals surface area contributed by atoms with Gasteiger partial charge in [-0.3, -0.25) is 14.9 Å². The lowest BCUT2D eigenvalue weighted by molar-refractivity contribution is -0.385. The second-order valence-corrected chi connectivity index (χ2v) is 6.06. The van der Waals surface area contributed by atoms with Crippen molar-refractivity contribution in [3.63, 3.8) is 0 Å².